The van der Waals surface area contributed by atoms with Gasteiger partial charge in [0.05, 0.1) is 6.04 Å². The van der Waals surface area contributed by atoms with Gasteiger partial charge < -0.3 is 15.1 Å². The molecule has 7 heteroatoms. The molecule has 0 saturated carbocycles. The summed E-state index contributed by atoms with van der Waals surface area (Å²) in [6, 6.07) is 0.130. The summed E-state index contributed by atoms with van der Waals surface area (Å²) in [6.45, 7) is 2.82. The first-order valence-electron chi connectivity index (χ1n) is 9.14. The van der Waals surface area contributed by atoms with Crippen molar-refractivity contribution in [2.75, 3.05) is 26.2 Å². The quantitative estimate of drug-likeness (QED) is 0.802. The SMILES string of the molecule is O=C(c1n[nH]c2c1CCCCC2)N1CCCC(N2CCNC2=O)C1. The van der Waals surface area contributed by atoms with Crippen molar-refractivity contribution in [2.24, 2.45) is 0 Å². The van der Waals surface area contributed by atoms with Crippen LogP contribution in [-0.4, -0.2) is 64.2 Å². The van der Waals surface area contributed by atoms with Crippen molar-refractivity contribution in [3.63, 3.8) is 0 Å². The fraction of sp³-hybridized carbons (Fsp3) is 0.706. The number of aryl methyl sites for hydroxylation is 1. The Bertz CT molecular complexity index is 641. The Morgan fingerprint density at radius 3 is 2.83 bits per heavy atom. The number of nitrogens with zero attached hydrogens (tertiary/aromatic N) is 3. The second-order valence-electron chi connectivity index (χ2n) is 7.06. The molecule has 0 bridgehead atoms. The minimum atomic E-state index is 0.00272. The highest BCUT2D eigenvalue weighted by molar-refractivity contribution is 5.94. The smallest absolute Gasteiger partial charge is 0.317 e. The zero-order chi connectivity index (χ0) is 16.5. The van der Waals surface area contributed by atoms with Crippen LogP contribution in [0.1, 0.15) is 53.8 Å². The molecule has 24 heavy (non-hydrogen) atoms. The first kappa shape index (κ1) is 15.5. The van der Waals surface area contributed by atoms with Gasteiger partial charge in [-0.15, -0.1) is 0 Å². The van der Waals surface area contributed by atoms with Gasteiger partial charge in [0, 0.05) is 37.4 Å². The number of piperidine rings is 1. The van der Waals surface area contributed by atoms with Crippen molar-refractivity contribution in [3.8, 4) is 0 Å². The molecular weight excluding hydrogens is 306 g/mol. The Kier molecular flexibility index (Phi) is 4.16. The summed E-state index contributed by atoms with van der Waals surface area (Å²) in [5.74, 6) is 0.0266. The van der Waals surface area contributed by atoms with Gasteiger partial charge in [0.15, 0.2) is 5.69 Å². The Morgan fingerprint density at radius 2 is 2.00 bits per heavy atom. The molecule has 7 nitrogen and oxygen atoms in total. The summed E-state index contributed by atoms with van der Waals surface area (Å²) in [6.07, 6.45) is 7.35. The summed E-state index contributed by atoms with van der Waals surface area (Å²) in [7, 11) is 0. The van der Waals surface area contributed by atoms with Crippen molar-refractivity contribution >= 4 is 11.9 Å². The first-order valence-corrected chi connectivity index (χ1v) is 9.14. The van der Waals surface area contributed by atoms with E-state index in [1.54, 1.807) is 0 Å². The Morgan fingerprint density at radius 1 is 1.12 bits per heavy atom. The maximum atomic E-state index is 13.0. The van der Waals surface area contributed by atoms with E-state index in [1.807, 2.05) is 9.80 Å². The summed E-state index contributed by atoms with van der Waals surface area (Å²) in [5, 5.41) is 10.3. The zero-order valence-electron chi connectivity index (χ0n) is 14.0. The fourth-order valence-corrected chi connectivity index (χ4v) is 4.21. The molecule has 0 radical (unpaired) electrons. The summed E-state index contributed by atoms with van der Waals surface area (Å²) in [5.41, 5.74) is 2.88. The Balaban J connectivity index is 1.50. The van der Waals surface area contributed by atoms with E-state index in [4.69, 9.17) is 0 Å². The average Bonchev–Trinajstić information content (AvgIpc) is 3.14. The van der Waals surface area contributed by atoms with Gasteiger partial charge in [-0.05, 0) is 38.5 Å². The highest BCUT2D eigenvalue weighted by Crippen LogP contribution is 2.24. The van der Waals surface area contributed by atoms with Gasteiger partial charge in [0.1, 0.15) is 0 Å². The second kappa shape index (κ2) is 6.45. The standard InChI is InChI=1S/C17H25N5O2/c23-16(15-13-6-2-1-3-7-14(13)19-20-15)21-9-4-5-12(11-21)22-10-8-18-17(22)24/h12H,1-11H2,(H,18,24)(H,19,20). The van der Waals surface area contributed by atoms with Crippen LogP contribution in [-0.2, 0) is 12.8 Å². The highest BCUT2D eigenvalue weighted by atomic mass is 16.2. The van der Waals surface area contributed by atoms with Crippen LogP contribution in [0.3, 0.4) is 0 Å². The van der Waals surface area contributed by atoms with Crippen LogP contribution in [0.25, 0.3) is 0 Å². The van der Waals surface area contributed by atoms with E-state index in [2.05, 4.69) is 15.5 Å². The predicted octanol–water partition coefficient (Wildman–Crippen LogP) is 1.31. The molecule has 130 valence electrons. The van der Waals surface area contributed by atoms with Crippen LogP contribution < -0.4 is 5.32 Å². The van der Waals surface area contributed by atoms with Crippen LogP contribution in [0.2, 0.25) is 0 Å². The van der Waals surface area contributed by atoms with Crippen molar-refractivity contribution in [3.05, 3.63) is 17.0 Å². The van der Waals surface area contributed by atoms with E-state index in [9.17, 15) is 9.59 Å². The molecule has 1 aromatic rings. The van der Waals surface area contributed by atoms with E-state index in [1.165, 1.54) is 12.8 Å². The van der Waals surface area contributed by atoms with Crippen LogP contribution in [0.15, 0.2) is 0 Å². The monoisotopic (exact) mass is 331 g/mol. The molecule has 4 rings (SSSR count). The third-order valence-electron chi connectivity index (χ3n) is 5.52. The Hall–Kier alpha value is -2.05. The van der Waals surface area contributed by atoms with Gasteiger partial charge >= 0.3 is 6.03 Å². The van der Waals surface area contributed by atoms with Gasteiger partial charge in [-0.25, -0.2) is 4.79 Å². The van der Waals surface area contributed by atoms with Crippen LogP contribution in [0.4, 0.5) is 4.79 Å². The fourth-order valence-electron chi connectivity index (χ4n) is 4.21. The van der Waals surface area contributed by atoms with Crippen molar-refractivity contribution in [1.82, 2.24) is 25.3 Å². The lowest BCUT2D eigenvalue weighted by Gasteiger charge is -2.36. The van der Waals surface area contributed by atoms with E-state index >= 15 is 0 Å². The predicted molar refractivity (Wildman–Crippen MR) is 88.9 cm³/mol. The average molecular weight is 331 g/mol. The van der Waals surface area contributed by atoms with Crippen molar-refractivity contribution in [1.29, 1.82) is 0 Å². The van der Waals surface area contributed by atoms with Gasteiger partial charge in [-0.3, -0.25) is 9.89 Å². The number of carbonyl (C=O) groups excluding carboxylic acids is 2. The van der Waals surface area contributed by atoms with E-state index in [0.717, 1.165) is 56.5 Å². The summed E-state index contributed by atoms with van der Waals surface area (Å²) < 4.78 is 0. The molecule has 2 aliphatic heterocycles. The van der Waals surface area contributed by atoms with E-state index in [-0.39, 0.29) is 18.0 Å². The van der Waals surface area contributed by atoms with Crippen LogP contribution in [0, 0.1) is 0 Å². The molecule has 1 atom stereocenters. The van der Waals surface area contributed by atoms with Crippen molar-refractivity contribution < 1.29 is 9.59 Å². The molecule has 2 fully saturated rings. The Labute approximate surface area is 141 Å². The normalized spacial score (nSPS) is 24.5. The molecule has 1 aromatic heterocycles. The number of fused-ring (bicyclic) bond motifs is 1. The molecule has 2 N–H and O–H groups in total. The maximum Gasteiger partial charge on any atom is 0.317 e. The summed E-state index contributed by atoms with van der Waals surface area (Å²) >= 11 is 0. The topological polar surface area (TPSA) is 81.3 Å². The van der Waals surface area contributed by atoms with Gasteiger partial charge in [0.25, 0.3) is 5.91 Å². The number of aromatic amines is 1. The number of amides is 3. The zero-order valence-corrected chi connectivity index (χ0v) is 14.0. The number of nitrogens with one attached hydrogen (secondary N) is 2. The van der Waals surface area contributed by atoms with Gasteiger partial charge in [-0.2, -0.15) is 5.10 Å². The lowest BCUT2D eigenvalue weighted by Crippen LogP contribution is -2.50. The number of urea groups is 1. The molecule has 2 saturated heterocycles. The molecule has 0 aromatic carbocycles. The lowest BCUT2D eigenvalue weighted by atomic mass is 10.0. The molecular formula is C17H25N5O2. The van der Waals surface area contributed by atoms with Gasteiger partial charge in [0.2, 0.25) is 0 Å². The number of aromatic nitrogens is 2. The third kappa shape index (κ3) is 2.76. The molecule has 3 heterocycles. The van der Waals surface area contributed by atoms with Gasteiger partial charge in [-0.1, -0.05) is 6.42 Å². The molecule has 1 aliphatic carbocycles. The minimum absolute atomic E-state index is 0.00272. The van der Waals surface area contributed by atoms with Crippen molar-refractivity contribution in [2.45, 2.75) is 51.0 Å². The van der Waals surface area contributed by atoms with E-state index in [0.29, 0.717) is 18.8 Å². The van der Waals surface area contributed by atoms with Crippen LogP contribution >= 0.6 is 0 Å². The number of rotatable bonds is 2. The molecule has 3 aliphatic rings. The molecule has 3 amide bonds. The molecule has 1 unspecified atom stereocenters. The third-order valence-corrected chi connectivity index (χ3v) is 5.52. The van der Waals surface area contributed by atoms with Crippen LogP contribution in [0.5, 0.6) is 0 Å². The largest absolute Gasteiger partial charge is 0.336 e. The maximum absolute atomic E-state index is 13.0. The van der Waals surface area contributed by atoms with E-state index < -0.39 is 0 Å². The second-order valence-corrected chi connectivity index (χ2v) is 7.06. The number of hydrogen-bond acceptors (Lipinski definition) is 3. The highest BCUT2D eigenvalue weighted by Gasteiger charge is 2.34. The number of hydrogen-bond donors (Lipinski definition) is 2. The summed E-state index contributed by atoms with van der Waals surface area (Å²) in [4.78, 5) is 28.7. The number of likely N-dealkylation sites (tertiary alicyclic amines) is 1. The lowest BCUT2D eigenvalue weighted by molar-refractivity contribution is 0.0627. The number of H-pyrrole nitrogens is 1. The number of carbonyl (C=O) groups is 2. The molecule has 0 spiro atoms. The minimum Gasteiger partial charge on any atom is -0.336 e. The first-order chi connectivity index (χ1) is 11.7.